The molecule has 0 unspecified atom stereocenters. The summed E-state index contributed by atoms with van der Waals surface area (Å²) in [7, 11) is 0. The maximum absolute atomic E-state index is 12.6. The molecule has 2 N–H and O–H groups in total. The van der Waals surface area contributed by atoms with E-state index < -0.39 is 6.04 Å². The van der Waals surface area contributed by atoms with Crippen LogP contribution in [0.15, 0.2) is 35.7 Å². The lowest BCUT2D eigenvalue weighted by Crippen LogP contribution is -2.36. The lowest BCUT2D eigenvalue weighted by Gasteiger charge is -2.17. The molecule has 2 amide bonds. The Hall–Kier alpha value is -2.21. The Morgan fingerprint density at radius 2 is 2.04 bits per heavy atom. The molecule has 1 fully saturated rings. The Kier molecular flexibility index (Phi) is 4.71. The molecule has 1 aliphatic carbocycles. The Morgan fingerprint density at radius 1 is 1.30 bits per heavy atom. The topological polar surface area (TPSA) is 71.1 Å². The fraction of sp³-hybridized carbons (Fsp3) is 0.353. The van der Waals surface area contributed by atoms with Crippen molar-refractivity contribution >= 4 is 28.3 Å². The first-order valence-electron chi connectivity index (χ1n) is 7.78. The Bertz CT molecular complexity index is 695. The van der Waals surface area contributed by atoms with Crippen molar-refractivity contribution in [2.24, 2.45) is 0 Å². The van der Waals surface area contributed by atoms with Gasteiger partial charge in [0.15, 0.2) is 5.13 Å². The number of thiazole rings is 1. The van der Waals surface area contributed by atoms with E-state index in [1.165, 1.54) is 24.2 Å². The lowest BCUT2D eigenvalue weighted by molar-refractivity contribution is -0.126. The number of rotatable bonds is 6. The molecule has 1 saturated carbocycles. The number of hydrogen-bond donors (Lipinski definition) is 2. The molecule has 0 aliphatic heterocycles. The van der Waals surface area contributed by atoms with E-state index in [1.807, 2.05) is 35.7 Å². The number of nitrogens with zero attached hydrogens (tertiary/aromatic N) is 1. The molecular weight excluding hydrogens is 310 g/mol. The Morgan fingerprint density at radius 3 is 2.70 bits per heavy atom. The van der Waals surface area contributed by atoms with Crippen molar-refractivity contribution in [3.8, 4) is 0 Å². The van der Waals surface area contributed by atoms with E-state index in [4.69, 9.17) is 0 Å². The smallest absolute Gasteiger partial charge is 0.253 e. The number of amides is 2. The fourth-order valence-electron chi connectivity index (χ4n) is 2.30. The van der Waals surface area contributed by atoms with Crippen LogP contribution < -0.4 is 10.6 Å². The van der Waals surface area contributed by atoms with Gasteiger partial charge in [0.2, 0.25) is 5.91 Å². The minimum Gasteiger partial charge on any atom is -0.341 e. The van der Waals surface area contributed by atoms with E-state index in [0.29, 0.717) is 17.5 Å². The van der Waals surface area contributed by atoms with Crippen LogP contribution in [0.4, 0.5) is 5.13 Å². The van der Waals surface area contributed by atoms with Crippen LogP contribution in [0.5, 0.6) is 0 Å². The Labute approximate surface area is 139 Å². The monoisotopic (exact) mass is 329 g/mol. The molecule has 6 heteroatoms. The highest BCUT2D eigenvalue weighted by molar-refractivity contribution is 7.13. The van der Waals surface area contributed by atoms with Crippen molar-refractivity contribution in [1.29, 1.82) is 0 Å². The number of carbonyl (C=O) groups is 2. The zero-order valence-corrected chi connectivity index (χ0v) is 13.7. The maximum atomic E-state index is 12.6. The standard InChI is InChI=1S/C17H19N3O2S/c1-2-14(21)19-15(12-6-4-3-5-7-12)16(22)20-17-18-13(10-23-17)11-8-9-11/h3-7,10-11,15H,2,8-9H2,1H3,(H,19,21)(H,18,20,22)/t15-/m1/s1. The first kappa shape index (κ1) is 15.7. The highest BCUT2D eigenvalue weighted by Crippen LogP contribution is 2.40. The molecule has 120 valence electrons. The van der Waals surface area contributed by atoms with Crippen LogP contribution >= 0.6 is 11.3 Å². The van der Waals surface area contributed by atoms with Crippen LogP contribution in [0.3, 0.4) is 0 Å². The normalized spacial score (nSPS) is 15.0. The van der Waals surface area contributed by atoms with E-state index in [2.05, 4.69) is 15.6 Å². The lowest BCUT2D eigenvalue weighted by atomic mass is 10.1. The molecular formula is C17H19N3O2S. The molecule has 23 heavy (non-hydrogen) atoms. The minimum atomic E-state index is -0.711. The third-order valence-electron chi connectivity index (χ3n) is 3.77. The molecule has 0 spiro atoms. The second-order valence-corrected chi connectivity index (χ2v) is 6.46. The van der Waals surface area contributed by atoms with Crippen molar-refractivity contribution in [3.63, 3.8) is 0 Å². The van der Waals surface area contributed by atoms with Gasteiger partial charge in [0, 0.05) is 17.7 Å². The van der Waals surface area contributed by atoms with Crippen LogP contribution in [0.25, 0.3) is 0 Å². The van der Waals surface area contributed by atoms with Crippen molar-refractivity contribution in [3.05, 3.63) is 47.0 Å². The average molecular weight is 329 g/mol. The zero-order chi connectivity index (χ0) is 16.2. The summed E-state index contributed by atoms with van der Waals surface area (Å²) in [5, 5.41) is 8.18. The second-order valence-electron chi connectivity index (χ2n) is 5.61. The molecule has 1 atom stereocenters. The highest BCUT2D eigenvalue weighted by Gasteiger charge is 2.27. The van der Waals surface area contributed by atoms with Gasteiger partial charge in [-0.15, -0.1) is 11.3 Å². The summed E-state index contributed by atoms with van der Waals surface area (Å²) in [6.45, 7) is 1.76. The van der Waals surface area contributed by atoms with Crippen LogP contribution in [0, 0.1) is 0 Å². The summed E-state index contributed by atoms with van der Waals surface area (Å²) in [6, 6.07) is 8.53. The number of carbonyl (C=O) groups excluding carboxylic acids is 2. The van der Waals surface area contributed by atoms with Gasteiger partial charge in [0.25, 0.3) is 5.91 Å². The van der Waals surface area contributed by atoms with Crippen molar-refractivity contribution in [2.45, 2.75) is 38.1 Å². The fourth-order valence-corrected chi connectivity index (χ4v) is 3.09. The maximum Gasteiger partial charge on any atom is 0.253 e. The largest absolute Gasteiger partial charge is 0.341 e. The molecule has 1 aromatic carbocycles. The first-order valence-corrected chi connectivity index (χ1v) is 8.66. The van der Waals surface area contributed by atoms with Crippen LogP contribution in [0.2, 0.25) is 0 Å². The van der Waals surface area contributed by atoms with E-state index in [1.54, 1.807) is 6.92 Å². The molecule has 1 heterocycles. The van der Waals surface area contributed by atoms with Crippen molar-refractivity contribution < 1.29 is 9.59 Å². The van der Waals surface area contributed by atoms with Crippen LogP contribution in [0.1, 0.15) is 49.4 Å². The molecule has 0 radical (unpaired) electrons. The van der Waals surface area contributed by atoms with E-state index in [9.17, 15) is 9.59 Å². The number of hydrogen-bond acceptors (Lipinski definition) is 4. The molecule has 2 aromatic rings. The number of nitrogens with one attached hydrogen (secondary N) is 2. The van der Waals surface area contributed by atoms with E-state index in [-0.39, 0.29) is 11.8 Å². The van der Waals surface area contributed by atoms with Crippen LogP contribution in [-0.2, 0) is 9.59 Å². The highest BCUT2D eigenvalue weighted by atomic mass is 32.1. The first-order chi connectivity index (χ1) is 11.2. The minimum absolute atomic E-state index is 0.160. The summed E-state index contributed by atoms with van der Waals surface area (Å²) in [4.78, 5) is 28.8. The molecule has 5 nitrogen and oxygen atoms in total. The molecule has 0 saturated heterocycles. The molecule has 1 aromatic heterocycles. The van der Waals surface area contributed by atoms with Crippen molar-refractivity contribution in [2.75, 3.05) is 5.32 Å². The Balaban J connectivity index is 1.74. The quantitative estimate of drug-likeness (QED) is 0.855. The summed E-state index contributed by atoms with van der Waals surface area (Å²) in [5.74, 6) is 0.128. The molecule has 1 aliphatic rings. The van der Waals surface area contributed by atoms with Crippen molar-refractivity contribution in [1.82, 2.24) is 10.3 Å². The number of aromatic nitrogens is 1. The predicted octanol–water partition coefficient (Wildman–Crippen LogP) is 3.23. The van der Waals surface area contributed by atoms with Gasteiger partial charge in [-0.1, -0.05) is 37.3 Å². The second kappa shape index (κ2) is 6.91. The van der Waals surface area contributed by atoms with Gasteiger partial charge in [0.05, 0.1) is 5.69 Å². The molecule has 3 rings (SSSR count). The summed E-state index contributed by atoms with van der Waals surface area (Å²) in [6.07, 6.45) is 2.69. The third-order valence-corrected chi connectivity index (χ3v) is 4.55. The summed E-state index contributed by atoms with van der Waals surface area (Å²) < 4.78 is 0. The summed E-state index contributed by atoms with van der Waals surface area (Å²) >= 11 is 1.43. The average Bonchev–Trinajstić information content (AvgIpc) is 3.33. The van der Waals surface area contributed by atoms with Gasteiger partial charge >= 0.3 is 0 Å². The van der Waals surface area contributed by atoms with Crippen LogP contribution in [-0.4, -0.2) is 16.8 Å². The summed E-state index contributed by atoms with van der Waals surface area (Å²) in [5.41, 5.74) is 1.81. The van der Waals surface area contributed by atoms with Gasteiger partial charge in [-0.25, -0.2) is 4.98 Å². The molecule has 0 bridgehead atoms. The van der Waals surface area contributed by atoms with Gasteiger partial charge in [0.1, 0.15) is 6.04 Å². The van der Waals surface area contributed by atoms with Gasteiger partial charge in [-0.3, -0.25) is 14.9 Å². The van der Waals surface area contributed by atoms with Gasteiger partial charge in [-0.2, -0.15) is 0 Å². The van der Waals surface area contributed by atoms with E-state index >= 15 is 0 Å². The van der Waals surface area contributed by atoms with E-state index in [0.717, 1.165) is 11.3 Å². The predicted molar refractivity (Wildman–Crippen MR) is 90.3 cm³/mol. The SMILES string of the molecule is CCC(=O)N[C@@H](C(=O)Nc1nc(C2CC2)cs1)c1ccccc1. The van der Waals surface area contributed by atoms with Gasteiger partial charge < -0.3 is 5.32 Å². The number of benzene rings is 1. The van der Waals surface area contributed by atoms with Gasteiger partial charge in [-0.05, 0) is 18.4 Å². The number of anilines is 1. The zero-order valence-electron chi connectivity index (χ0n) is 12.9. The third kappa shape index (κ3) is 3.96.